The third-order valence-electron chi connectivity index (χ3n) is 6.87. The number of carbonyl (C=O) groups is 1. The summed E-state index contributed by atoms with van der Waals surface area (Å²) < 4.78 is 1.94. The number of nitrogens with zero attached hydrogens (tertiary/aromatic N) is 5. The third kappa shape index (κ3) is 6.85. The zero-order valence-corrected chi connectivity index (χ0v) is 22.7. The smallest absolute Gasteiger partial charge is 0.127 e. The number of aromatic hydroxyl groups is 1. The van der Waals surface area contributed by atoms with E-state index < -0.39 is 0 Å². The third-order valence-corrected chi connectivity index (χ3v) is 6.87. The number of phenols is 1. The van der Waals surface area contributed by atoms with E-state index in [9.17, 15) is 9.90 Å². The van der Waals surface area contributed by atoms with Gasteiger partial charge in [-0.15, -0.1) is 0 Å². The van der Waals surface area contributed by atoms with Crippen molar-refractivity contribution in [2.45, 2.75) is 65.0 Å². The van der Waals surface area contributed by atoms with Crippen LogP contribution in [0.1, 0.15) is 72.3 Å². The summed E-state index contributed by atoms with van der Waals surface area (Å²) in [6.07, 6.45) is 9.73. The highest BCUT2D eigenvalue weighted by molar-refractivity contribution is 5.65. The summed E-state index contributed by atoms with van der Waals surface area (Å²) in [4.78, 5) is 22.0. The molecule has 0 spiro atoms. The molecule has 4 aromatic rings. The quantitative estimate of drug-likeness (QED) is 0.316. The number of aryl methyl sites for hydroxylation is 1. The van der Waals surface area contributed by atoms with Gasteiger partial charge in [-0.1, -0.05) is 32.0 Å². The van der Waals surface area contributed by atoms with Crippen LogP contribution in [-0.4, -0.2) is 38.2 Å². The Bertz CT molecular complexity index is 1350. The Labute approximate surface area is 225 Å². The second-order valence-electron chi connectivity index (χ2n) is 10.2. The lowest BCUT2D eigenvalue weighted by Gasteiger charge is -2.21. The molecule has 38 heavy (non-hydrogen) atoms. The lowest BCUT2D eigenvalue weighted by molar-refractivity contribution is -0.109. The highest BCUT2D eigenvalue weighted by Crippen LogP contribution is 2.34. The monoisotopic (exact) mass is 511 g/mol. The summed E-state index contributed by atoms with van der Waals surface area (Å²) in [5, 5.41) is 14.0. The zero-order valence-electron chi connectivity index (χ0n) is 22.7. The van der Waals surface area contributed by atoms with Gasteiger partial charge in [0.15, 0.2) is 0 Å². The fourth-order valence-electron chi connectivity index (χ4n) is 4.77. The molecular formula is C31H37N5O2. The van der Waals surface area contributed by atoms with Gasteiger partial charge in [0.1, 0.15) is 12.0 Å². The average molecular weight is 512 g/mol. The van der Waals surface area contributed by atoms with Crippen molar-refractivity contribution in [3.63, 3.8) is 0 Å². The van der Waals surface area contributed by atoms with Crippen LogP contribution in [0.2, 0.25) is 0 Å². The average Bonchev–Trinajstić information content (AvgIpc) is 3.35. The molecule has 1 N–H and O–H groups in total. The normalized spacial score (nSPS) is 14.4. The molecule has 1 aliphatic rings. The standard InChI is InChI=1S/C20H25N5.C11H12O2/c1-15(2)20-9-8-19(11-21-20)24(4)12-17-10-22-25(13-17)14-18-7-5-6-16(3)23-18;12-7-8-3-1-5-10-9(8)4-2-6-11(10)13/h5-11,13,15H,12,14H2,1-4H3;2,4,6-8,13H,1,3,5H2. The number of hydrogen-bond acceptors (Lipinski definition) is 6. The molecule has 0 radical (unpaired) electrons. The first-order valence-corrected chi connectivity index (χ1v) is 13.2. The van der Waals surface area contributed by atoms with E-state index >= 15 is 0 Å². The maximum absolute atomic E-state index is 10.8. The van der Waals surface area contributed by atoms with Crippen LogP contribution in [-0.2, 0) is 24.3 Å². The topological polar surface area (TPSA) is 84.1 Å². The Balaban J connectivity index is 0.000000216. The number of carbonyl (C=O) groups excluding carboxylic acids is 1. The number of pyridine rings is 2. The number of aromatic nitrogens is 4. The Morgan fingerprint density at radius 1 is 1.13 bits per heavy atom. The number of rotatable bonds is 7. The second-order valence-corrected chi connectivity index (χ2v) is 10.2. The van der Waals surface area contributed by atoms with E-state index in [1.807, 2.05) is 48.3 Å². The van der Waals surface area contributed by atoms with E-state index in [0.717, 1.165) is 66.0 Å². The van der Waals surface area contributed by atoms with Crippen molar-refractivity contribution in [1.82, 2.24) is 19.7 Å². The maximum atomic E-state index is 10.8. The van der Waals surface area contributed by atoms with Gasteiger partial charge in [0.05, 0.1) is 30.3 Å². The molecule has 0 bridgehead atoms. The van der Waals surface area contributed by atoms with Gasteiger partial charge in [0.2, 0.25) is 0 Å². The molecule has 7 nitrogen and oxygen atoms in total. The molecule has 0 amide bonds. The van der Waals surface area contributed by atoms with Crippen LogP contribution in [0.5, 0.6) is 5.75 Å². The predicted octanol–water partition coefficient (Wildman–Crippen LogP) is 5.80. The zero-order chi connectivity index (χ0) is 27.1. The van der Waals surface area contributed by atoms with Crippen molar-refractivity contribution in [3.05, 3.63) is 101 Å². The molecule has 0 saturated carbocycles. The largest absolute Gasteiger partial charge is 0.508 e. The van der Waals surface area contributed by atoms with Crippen LogP contribution < -0.4 is 4.90 Å². The van der Waals surface area contributed by atoms with E-state index in [1.165, 1.54) is 5.56 Å². The fraction of sp³-hybridized carbons (Fsp3) is 0.355. The number of fused-ring (bicyclic) bond motifs is 1. The van der Waals surface area contributed by atoms with Gasteiger partial charge in [-0.2, -0.15) is 5.10 Å². The highest BCUT2D eigenvalue weighted by atomic mass is 16.3. The number of phenolic OH excluding ortho intramolecular Hbond substituents is 1. The summed E-state index contributed by atoms with van der Waals surface area (Å²) in [7, 11) is 2.07. The minimum atomic E-state index is -0.00384. The first kappa shape index (κ1) is 27.0. The van der Waals surface area contributed by atoms with Crippen LogP contribution >= 0.6 is 0 Å². The van der Waals surface area contributed by atoms with Crippen molar-refractivity contribution < 1.29 is 9.90 Å². The Morgan fingerprint density at radius 3 is 2.66 bits per heavy atom. The molecule has 5 rings (SSSR count). The molecule has 0 aliphatic heterocycles. The van der Waals surface area contributed by atoms with E-state index in [0.29, 0.717) is 18.2 Å². The molecule has 0 saturated heterocycles. The first-order chi connectivity index (χ1) is 18.3. The SMILES string of the molecule is Cc1cccc(Cn2cc(CN(C)c3ccc(C(C)C)nc3)cn2)n1.O=CC1CCCc2c(O)cccc21. The Morgan fingerprint density at radius 2 is 1.95 bits per heavy atom. The van der Waals surface area contributed by atoms with Gasteiger partial charge in [-0.3, -0.25) is 14.6 Å². The molecule has 3 heterocycles. The summed E-state index contributed by atoms with van der Waals surface area (Å²) in [5.74, 6) is 0.785. The number of benzene rings is 1. The van der Waals surface area contributed by atoms with Crippen molar-refractivity contribution in [2.24, 2.45) is 0 Å². The fourth-order valence-corrected chi connectivity index (χ4v) is 4.77. The molecular weight excluding hydrogens is 474 g/mol. The lowest BCUT2D eigenvalue weighted by atomic mass is 9.83. The highest BCUT2D eigenvalue weighted by Gasteiger charge is 2.21. The Hall–Kier alpha value is -4.00. The van der Waals surface area contributed by atoms with Crippen molar-refractivity contribution in [1.29, 1.82) is 0 Å². The summed E-state index contributed by atoms with van der Waals surface area (Å²) in [5.41, 5.74) is 7.43. The number of hydrogen-bond donors (Lipinski definition) is 1. The molecule has 1 aliphatic carbocycles. The first-order valence-electron chi connectivity index (χ1n) is 13.2. The molecule has 0 fully saturated rings. The van der Waals surface area contributed by atoms with Gasteiger partial charge in [0, 0.05) is 42.7 Å². The Kier molecular flexibility index (Phi) is 8.89. The van der Waals surface area contributed by atoms with Crippen LogP contribution in [0.25, 0.3) is 0 Å². The van der Waals surface area contributed by atoms with Gasteiger partial charge in [-0.05, 0) is 73.6 Å². The van der Waals surface area contributed by atoms with Gasteiger partial charge in [0.25, 0.3) is 0 Å². The van der Waals surface area contributed by atoms with Gasteiger partial charge in [-0.25, -0.2) is 0 Å². The van der Waals surface area contributed by atoms with E-state index in [2.05, 4.69) is 59.2 Å². The van der Waals surface area contributed by atoms with Crippen molar-refractivity contribution in [2.75, 3.05) is 11.9 Å². The van der Waals surface area contributed by atoms with E-state index in [4.69, 9.17) is 0 Å². The van der Waals surface area contributed by atoms with Gasteiger partial charge < -0.3 is 14.8 Å². The molecule has 1 unspecified atom stereocenters. The van der Waals surface area contributed by atoms with Crippen molar-refractivity contribution in [3.8, 4) is 5.75 Å². The molecule has 1 aromatic carbocycles. The van der Waals surface area contributed by atoms with Crippen molar-refractivity contribution >= 4 is 12.0 Å². The summed E-state index contributed by atoms with van der Waals surface area (Å²) in [6.45, 7) is 7.80. The lowest BCUT2D eigenvalue weighted by Crippen LogP contribution is -2.16. The molecule has 7 heteroatoms. The van der Waals surface area contributed by atoms with E-state index in [1.54, 1.807) is 12.1 Å². The number of anilines is 1. The summed E-state index contributed by atoms with van der Waals surface area (Å²) in [6, 6.07) is 15.7. The minimum Gasteiger partial charge on any atom is -0.508 e. The molecule has 198 valence electrons. The van der Waals surface area contributed by atoms with Gasteiger partial charge >= 0.3 is 0 Å². The van der Waals surface area contributed by atoms with Crippen LogP contribution in [0.3, 0.4) is 0 Å². The second kappa shape index (κ2) is 12.5. The number of aldehydes is 1. The van der Waals surface area contributed by atoms with Crippen LogP contribution in [0, 0.1) is 6.92 Å². The summed E-state index contributed by atoms with van der Waals surface area (Å²) >= 11 is 0. The minimum absolute atomic E-state index is 0.00384. The van der Waals surface area contributed by atoms with Crippen LogP contribution in [0.4, 0.5) is 5.69 Å². The molecule has 3 aromatic heterocycles. The predicted molar refractivity (Wildman–Crippen MR) is 151 cm³/mol. The van der Waals surface area contributed by atoms with E-state index in [-0.39, 0.29) is 5.92 Å². The maximum Gasteiger partial charge on any atom is 0.127 e. The molecule has 1 atom stereocenters. The van der Waals surface area contributed by atoms with Crippen LogP contribution in [0.15, 0.2) is 67.1 Å².